The first-order chi connectivity index (χ1) is 22.1. The molecule has 0 atom stereocenters. The smallest absolute Gasteiger partial charge is 0.135 e. The van der Waals surface area contributed by atoms with Crippen molar-refractivity contribution in [1.29, 1.82) is 0 Å². The fraction of sp³-hybridized carbons (Fsp3) is 0.0698. The van der Waals surface area contributed by atoms with Gasteiger partial charge in [0.2, 0.25) is 0 Å². The van der Waals surface area contributed by atoms with Crippen LogP contribution in [0.15, 0.2) is 156 Å². The van der Waals surface area contributed by atoms with Crippen LogP contribution in [0.2, 0.25) is 0 Å². The summed E-state index contributed by atoms with van der Waals surface area (Å²) in [5, 5.41) is 4.78. The second-order valence-corrected chi connectivity index (χ2v) is 12.6. The van der Waals surface area contributed by atoms with E-state index in [0.29, 0.717) is 0 Å². The van der Waals surface area contributed by atoms with Crippen LogP contribution < -0.4 is 4.90 Å². The minimum absolute atomic E-state index is 0.0452. The molecule has 0 radical (unpaired) electrons. The monoisotopic (exact) mass is 577 g/mol. The lowest BCUT2D eigenvalue weighted by Crippen LogP contribution is -2.14. The molecule has 0 N–H and O–H groups in total. The molecule has 9 rings (SSSR count). The van der Waals surface area contributed by atoms with Crippen molar-refractivity contribution in [2.75, 3.05) is 4.90 Å². The molecule has 1 aliphatic carbocycles. The summed E-state index contributed by atoms with van der Waals surface area (Å²) in [6.45, 7) is 4.69. The molecule has 0 aliphatic heterocycles. The third-order valence-corrected chi connectivity index (χ3v) is 9.66. The zero-order valence-corrected chi connectivity index (χ0v) is 25.3. The maximum atomic E-state index is 6.21. The van der Waals surface area contributed by atoms with E-state index >= 15 is 0 Å². The standard InChI is InChI=1S/C43H31NO/c1-43(2)38-14-8-6-13-35(38)42-36-26-32(22-18-30(36)19-24-39(42)43)44(31-20-16-29(17-21-31)28-10-4-3-5-11-28)33-23-25-41-37(27-33)34-12-7-9-15-40(34)45-41/h3-27H,1-2H3. The summed E-state index contributed by atoms with van der Waals surface area (Å²) in [6.07, 6.45) is 0. The predicted octanol–water partition coefficient (Wildman–Crippen LogP) is 12.2. The Morgan fingerprint density at radius 2 is 1.09 bits per heavy atom. The van der Waals surface area contributed by atoms with Gasteiger partial charge in [-0.15, -0.1) is 0 Å². The van der Waals surface area contributed by atoms with Crippen molar-refractivity contribution in [1.82, 2.24) is 0 Å². The summed E-state index contributed by atoms with van der Waals surface area (Å²) in [5.74, 6) is 0. The van der Waals surface area contributed by atoms with Crippen molar-refractivity contribution in [3.8, 4) is 22.3 Å². The van der Waals surface area contributed by atoms with Crippen LogP contribution in [0.4, 0.5) is 17.1 Å². The summed E-state index contributed by atoms with van der Waals surface area (Å²) in [5.41, 5.74) is 13.0. The molecule has 7 aromatic carbocycles. The van der Waals surface area contributed by atoms with Gasteiger partial charge in [0.25, 0.3) is 0 Å². The Kier molecular flexibility index (Phi) is 5.58. The Labute approximate surface area is 262 Å². The molecule has 1 aromatic heterocycles. The molecular formula is C43H31NO. The van der Waals surface area contributed by atoms with Gasteiger partial charge in [0.1, 0.15) is 11.2 Å². The van der Waals surface area contributed by atoms with Gasteiger partial charge in [-0.05, 0) is 92.7 Å². The Hall–Kier alpha value is -5.60. The molecule has 0 fully saturated rings. The van der Waals surface area contributed by atoms with Crippen molar-refractivity contribution in [2.45, 2.75) is 19.3 Å². The van der Waals surface area contributed by atoms with E-state index in [4.69, 9.17) is 4.42 Å². The van der Waals surface area contributed by atoms with Gasteiger partial charge in [-0.25, -0.2) is 0 Å². The first-order valence-corrected chi connectivity index (χ1v) is 15.6. The van der Waals surface area contributed by atoms with E-state index < -0.39 is 0 Å². The van der Waals surface area contributed by atoms with Gasteiger partial charge in [-0.2, -0.15) is 0 Å². The topological polar surface area (TPSA) is 16.4 Å². The van der Waals surface area contributed by atoms with Crippen LogP contribution in [-0.2, 0) is 5.41 Å². The molecule has 0 bridgehead atoms. The summed E-state index contributed by atoms with van der Waals surface area (Å²) < 4.78 is 6.21. The van der Waals surface area contributed by atoms with E-state index in [0.717, 1.165) is 39.0 Å². The average Bonchev–Trinajstić information content (AvgIpc) is 3.57. The molecule has 2 nitrogen and oxygen atoms in total. The highest BCUT2D eigenvalue weighted by molar-refractivity contribution is 6.07. The van der Waals surface area contributed by atoms with Crippen LogP contribution in [0.25, 0.3) is 55.0 Å². The Bertz CT molecular complexity index is 2400. The average molecular weight is 578 g/mol. The van der Waals surface area contributed by atoms with Crippen LogP contribution in [0.5, 0.6) is 0 Å². The summed E-state index contributed by atoms with van der Waals surface area (Å²) in [7, 11) is 0. The summed E-state index contributed by atoms with van der Waals surface area (Å²) in [4.78, 5) is 2.38. The van der Waals surface area contributed by atoms with Crippen molar-refractivity contribution < 1.29 is 4.42 Å². The molecule has 214 valence electrons. The zero-order chi connectivity index (χ0) is 30.1. The molecule has 8 aromatic rings. The fourth-order valence-electron chi connectivity index (χ4n) is 7.38. The van der Waals surface area contributed by atoms with E-state index in [1.807, 2.05) is 12.1 Å². The molecular weight excluding hydrogens is 546 g/mol. The maximum Gasteiger partial charge on any atom is 0.135 e. The SMILES string of the molecule is CC1(C)c2ccccc2-c2c1ccc1ccc(N(c3ccc(-c4ccccc4)cc3)c3ccc4oc5ccccc5c4c3)cc21. The number of nitrogens with zero attached hydrogens (tertiary/aromatic N) is 1. The molecule has 1 aliphatic rings. The van der Waals surface area contributed by atoms with E-state index in [2.05, 4.69) is 158 Å². The lowest BCUT2D eigenvalue weighted by atomic mass is 9.82. The third kappa shape index (κ3) is 3.96. The number of rotatable bonds is 4. The molecule has 1 heterocycles. The van der Waals surface area contributed by atoms with Crippen LogP contribution in [0.1, 0.15) is 25.0 Å². The highest BCUT2D eigenvalue weighted by atomic mass is 16.3. The maximum absolute atomic E-state index is 6.21. The number of anilines is 3. The normalized spacial score (nSPS) is 13.3. The molecule has 0 saturated heterocycles. The van der Waals surface area contributed by atoms with Gasteiger partial charge >= 0.3 is 0 Å². The second kappa shape index (κ2) is 9.70. The van der Waals surface area contributed by atoms with Gasteiger partial charge in [-0.3, -0.25) is 0 Å². The minimum atomic E-state index is -0.0452. The Morgan fingerprint density at radius 3 is 1.93 bits per heavy atom. The molecule has 0 spiro atoms. The van der Waals surface area contributed by atoms with Gasteiger partial charge in [-0.1, -0.05) is 117 Å². The van der Waals surface area contributed by atoms with E-state index in [-0.39, 0.29) is 5.41 Å². The largest absolute Gasteiger partial charge is 0.456 e. The van der Waals surface area contributed by atoms with Crippen molar-refractivity contribution in [3.63, 3.8) is 0 Å². The third-order valence-electron chi connectivity index (χ3n) is 9.66. The predicted molar refractivity (Wildman–Crippen MR) is 189 cm³/mol. The van der Waals surface area contributed by atoms with Crippen LogP contribution in [0.3, 0.4) is 0 Å². The highest BCUT2D eigenvalue weighted by Crippen LogP contribution is 2.52. The van der Waals surface area contributed by atoms with Crippen LogP contribution in [0, 0.1) is 0 Å². The quantitative estimate of drug-likeness (QED) is 0.207. The molecule has 2 heteroatoms. The number of para-hydroxylation sites is 1. The molecule has 0 amide bonds. The van der Waals surface area contributed by atoms with Gasteiger partial charge < -0.3 is 9.32 Å². The van der Waals surface area contributed by atoms with Crippen molar-refractivity contribution >= 4 is 49.8 Å². The van der Waals surface area contributed by atoms with E-state index in [9.17, 15) is 0 Å². The number of benzene rings is 7. The first kappa shape index (κ1) is 25.9. The summed E-state index contributed by atoms with van der Waals surface area (Å²) in [6, 6.07) is 54.7. The number of hydrogen-bond donors (Lipinski definition) is 0. The number of fused-ring (bicyclic) bond motifs is 8. The Morgan fingerprint density at radius 1 is 0.467 bits per heavy atom. The van der Waals surface area contributed by atoms with Crippen LogP contribution in [-0.4, -0.2) is 0 Å². The highest BCUT2D eigenvalue weighted by Gasteiger charge is 2.36. The number of furan rings is 1. The van der Waals surface area contributed by atoms with Gasteiger partial charge in [0.15, 0.2) is 0 Å². The lowest BCUT2D eigenvalue weighted by Gasteiger charge is -2.27. The molecule has 0 unspecified atom stereocenters. The second-order valence-electron chi connectivity index (χ2n) is 12.6. The van der Waals surface area contributed by atoms with E-state index in [1.54, 1.807) is 0 Å². The lowest BCUT2D eigenvalue weighted by molar-refractivity contribution is 0.661. The van der Waals surface area contributed by atoms with Crippen LogP contribution >= 0.6 is 0 Å². The fourth-order valence-corrected chi connectivity index (χ4v) is 7.38. The van der Waals surface area contributed by atoms with Crippen molar-refractivity contribution in [3.05, 3.63) is 163 Å². The Balaban J connectivity index is 1.27. The number of hydrogen-bond acceptors (Lipinski definition) is 2. The molecule has 45 heavy (non-hydrogen) atoms. The van der Waals surface area contributed by atoms with Gasteiger partial charge in [0.05, 0.1) is 0 Å². The molecule has 0 saturated carbocycles. The zero-order valence-electron chi connectivity index (χ0n) is 25.3. The first-order valence-electron chi connectivity index (χ1n) is 15.6. The van der Waals surface area contributed by atoms with E-state index in [1.165, 1.54) is 44.2 Å². The summed E-state index contributed by atoms with van der Waals surface area (Å²) >= 11 is 0. The van der Waals surface area contributed by atoms with Crippen molar-refractivity contribution in [2.24, 2.45) is 0 Å². The minimum Gasteiger partial charge on any atom is -0.456 e. The van der Waals surface area contributed by atoms with Gasteiger partial charge in [0, 0.05) is 33.2 Å².